The van der Waals surface area contributed by atoms with Crippen LogP contribution in [0.5, 0.6) is 0 Å². The van der Waals surface area contributed by atoms with Crippen LogP contribution in [0.1, 0.15) is 5.82 Å². The molecule has 0 fully saturated rings. The maximum atomic E-state index is 10.9. The van der Waals surface area contributed by atoms with E-state index < -0.39 is 0 Å². The van der Waals surface area contributed by atoms with Gasteiger partial charge in [-0.25, -0.2) is 4.98 Å². The number of aryl methyl sites for hydroxylation is 1. The molecular weight excluding hydrogens is 257 g/mol. The normalized spacial score (nSPS) is 9.64. The first kappa shape index (κ1) is 8.51. The smallest absolute Gasteiger partial charge is 0.248 e. The van der Waals surface area contributed by atoms with Crippen LogP contribution in [0.15, 0.2) is 12.4 Å². The summed E-state index contributed by atoms with van der Waals surface area (Å²) in [6.07, 6.45) is 3.46. The van der Waals surface area contributed by atoms with Gasteiger partial charge in [0, 0.05) is 12.4 Å². The molecule has 1 aromatic heterocycles. The van der Waals surface area contributed by atoms with E-state index in [0.717, 1.165) is 5.82 Å². The van der Waals surface area contributed by atoms with Crippen molar-refractivity contribution in [2.75, 3.05) is 0 Å². The van der Waals surface area contributed by atoms with Crippen LogP contribution in [-0.4, -0.2) is 15.5 Å². The van der Waals surface area contributed by atoms with Crippen LogP contribution in [0.25, 0.3) is 0 Å². The van der Waals surface area contributed by atoms with Gasteiger partial charge in [0.2, 0.25) is 5.91 Å². The molecule has 1 aromatic rings. The molecular formula is C6H8IN3O. The summed E-state index contributed by atoms with van der Waals surface area (Å²) in [6, 6.07) is 0. The zero-order valence-corrected chi connectivity index (χ0v) is 8.20. The number of aromatic nitrogens is 2. The van der Waals surface area contributed by atoms with Gasteiger partial charge < -0.3 is 4.57 Å². The zero-order chi connectivity index (χ0) is 8.27. The van der Waals surface area contributed by atoms with Crippen molar-refractivity contribution in [2.45, 2.75) is 13.5 Å². The maximum absolute atomic E-state index is 10.9. The van der Waals surface area contributed by atoms with Gasteiger partial charge in [-0.15, -0.1) is 0 Å². The number of carbonyl (C=O) groups is 1. The van der Waals surface area contributed by atoms with Crippen LogP contribution in [0, 0.1) is 6.92 Å². The number of rotatable bonds is 2. The van der Waals surface area contributed by atoms with Gasteiger partial charge in [0.15, 0.2) is 0 Å². The molecule has 0 aliphatic heterocycles. The summed E-state index contributed by atoms with van der Waals surface area (Å²) in [5.74, 6) is 0.830. The fourth-order valence-corrected chi connectivity index (χ4v) is 0.926. The second-order valence-corrected chi connectivity index (χ2v) is 2.66. The van der Waals surface area contributed by atoms with Gasteiger partial charge in [-0.2, -0.15) is 0 Å². The maximum Gasteiger partial charge on any atom is 0.248 e. The number of nitrogens with zero attached hydrogens (tertiary/aromatic N) is 2. The predicted octanol–water partition coefficient (Wildman–Crippen LogP) is 0.658. The fraction of sp³-hybridized carbons (Fsp3) is 0.333. The summed E-state index contributed by atoms with van der Waals surface area (Å²) in [5, 5.41) is 0. The third kappa shape index (κ3) is 2.18. The topological polar surface area (TPSA) is 46.9 Å². The van der Waals surface area contributed by atoms with Crippen molar-refractivity contribution in [3.8, 4) is 0 Å². The molecule has 0 unspecified atom stereocenters. The molecule has 4 nitrogen and oxygen atoms in total. The van der Waals surface area contributed by atoms with E-state index >= 15 is 0 Å². The van der Waals surface area contributed by atoms with Crippen molar-refractivity contribution in [1.29, 1.82) is 0 Å². The molecule has 5 heteroatoms. The lowest BCUT2D eigenvalue weighted by Gasteiger charge is -2.01. The average Bonchev–Trinajstić information content (AvgIpc) is 2.37. The molecule has 60 valence electrons. The highest BCUT2D eigenvalue weighted by molar-refractivity contribution is 14.1. The standard InChI is InChI=1S/C6H8IN3O/c1-5-8-2-3-10(5)4-6(11)9-7/h2-3H,4H2,1H3,(H,9,11). The average molecular weight is 265 g/mol. The lowest BCUT2D eigenvalue weighted by molar-refractivity contribution is -0.119. The summed E-state index contributed by atoms with van der Waals surface area (Å²) < 4.78 is 4.30. The Morgan fingerprint density at radius 3 is 3.09 bits per heavy atom. The van der Waals surface area contributed by atoms with Crippen LogP contribution in [0.4, 0.5) is 0 Å². The quantitative estimate of drug-likeness (QED) is 0.630. The lowest BCUT2D eigenvalue weighted by atomic mass is 10.5. The van der Waals surface area contributed by atoms with E-state index in [1.54, 1.807) is 17.0 Å². The number of halogens is 1. The van der Waals surface area contributed by atoms with Gasteiger partial charge in [0.05, 0.1) is 22.9 Å². The van der Waals surface area contributed by atoms with Crippen molar-refractivity contribution in [3.05, 3.63) is 18.2 Å². The van der Waals surface area contributed by atoms with E-state index in [2.05, 4.69) is 8.51 Å². The molecule has 0 aliphatic carbocycles. The third-order valence-electron chi connectivity index (χ3n) is 1.34. The second kappa shape index (κ2) is 3.70. The van der Waals surface area contributed by atoms with E-state index in [-0.39, 0.29) is 5.91 Å². The Morgan fingerprint density at radius 2 is 2.64 bits per heavy atom. The predicted molar refractivity (Wildman–Crippen MR) is 49.1 cm³/mol. The summed E-state index contributed by atoms with van der Waals surface area (Å²) in [4.78, 5) is 14.8. The van der Waals surface area contributed by atoms with Crippen molar-refractivity contribution >= 4 is 28.8 Å². The van der Waals surface area contributed by atoms with Gasteiger partial charge in [0.1, 0.15) is 12.4 Å². The van der Waals surface area contributed by atoms with Crippen molar-refractivity contribution < 1.29 is 4.79 Å². The highest BCUT2D eigenvalue weighted by atomic mass is 127. The molecule has 11 heavy (non-hydrogen) atoms. The Kier molecular flexibility index (Phi) is 2.86. The van der Waals surface area contributed by atoms with E-state index in [9.17, 15) is 4.79 Å². The summed E-state index contributed by atoms with van der Waals surface area (Å²) in [6.45, 7) is 2.20. The molecule has 0 bridgehead atoms. The van der Waals surface area contributed by atoms with Gasteiger partial charge in [-0.05, 0) is 6.92 Å². The Labute approximate surface area is 78.5 Å². The minimum absolute atomic E-state index is 0.0216. The monoisotopic (exact) mass is 265 g/mol. The van der Waals surface area contributed by atoms with Gasteiger partial charge in [0.25, 0.3) is 0 Å². The number of hydrogen-bond donors (Lipinski definition) is 1. The van der Waals surface area contributed by atoms with Crippen LogP contribution in [0.2, 0.25) is 0 Å². The van der Waals surface area contributed by atoms with E-state index in [0.29, 0.717) is 6.54 Å². The first-order valence-electron chi connectivity index (χ1n) is 3.11. The molecule has 0 radical (unpaired) electrons. The van der Waals surface area contributed by atoms with Crippen LogP contribution >= 0.6 is 22.9 Å². The minimum Gasteiger partial charge on any atom is -0.326 e. The Balaban J connectivity index is 2.64. The van der Waals surface area contributed by atoms with Crippen molar-refractivity contribution in [2.24, 2.45) is 0 Å². The molecule has 0 saturated carbocycles. The van der Waals surface area contributed by atoms with Crippen LogP contribution in [0.3, 0.4) is 0 Å². The van der Waals surface area contributed by atoms with E-state index in [4.69, 9.17) is 0 Å². The third-order valence-corrected chi connectivity index (χ3v) is 1.94. The molecule has 1 amide bonds. The van der Waals surface area contributed by atoms with Crippen molar-refractivity contribution in [1.82, 2.24) is 13.1 Å². The summed E-state index contributed by atoms with van der Waals surface area (Å²) >= 11 is 1.82. The fourth-order valence-electron chi connectivity index (χ4n) is 0.755. The molecule has 1 N–H and O–H groups in total. The number of amides is 1. The van der Waals surface area contributed by atoms with Gasteiger partial charge in [-0.1, -0.05) is 0 Å². The number of hydrogen-bond acceptors (Lipinski definition) is 2. The lowest BCUT2D eigenvalue weighted by Crippen LogP contribution is -2.19. The van der Waals surface area contributed by atoms with Crippen LogP contribution < -0.4 is 3.53 Å². The Hall–Kier alpha value is -0.590. The van der Waals surface area contributed by atoms with Gasteiger partial charge in [-0.3, -0.25) is 8.32 Å². The highest BCUT2D eigenvalue weighted by Crippen LogP contribution is 1.94. The first-order chi connectivity index (χ1) is 5.24. The van der Waals surface area contributed by atoms with Crippen molar-refractivity contribution in [3.63, 3.8) is 0 Å². The van der Waals surface area contributed by atoms with Crippen LogP contribution in [-0.2, 0) is 11.3 Å². The molecule has 1 rings (SSSR count). The number of carbonyl (C=O) groups excluding carboxylic acids is 1. The SMILES string of the molecule is Cc1nccn1CC(=O)NI. The van der Waals surface area contributed by atoms with E-state index in [1.807, 2.05) is 29.8 Å². The summed E-state index contributed by atoms with van der Waals surface area (Å²) in [7, 11) is 0. The molecule has 0 aliphatic rings. The van der Waals surface area contributed by atoms with E-state index in [1.165, 1.54) is 0 Å². The molecule has 0 atom stereocenters. The molecule has 0 aromatic carbocycles. The molecule has 1 heterocycles. The second-order valence-electron chi connectivity index (χ2n) is 2.12. The number of nitrogens with one attached hydrogen (secondary N) is 1. The Bertz CT molecular complexity index is 258. The zero-order valence-electron chi connectivity index (χ0n) is 6.04. The minimum atomic E-state index is -0.0216. The first-order valence-corrected chi connectivity index (χ1v) is 4.19. The largest absolute Gasteiger partial charge is 0.326 e. The highest BCUT2D eigenvalue weighted by Gasteiger charge is 2.01. The number of imidazole rings is 1. The summed E-state index contributed by atoms with van der Waals surface area (Å²) in [5.41, 5.74) is 0. The molecule has 0 spiro atoms. The van der Waals surface area contributed by atoms with Gasteiger partial charge >= 0.3 is 0 Å². The Morgan fingerprint density at radius 1 is 1.91 bits per heavy atom. The molecule has 0 saturated heterocycles.